The van der Waals surface area contributed by atoms with Crippen molar-refractivity contribution in [1.29, 1.82) is 0 Å². The molecule has 0 amide bonds. The lowest BCUT2D eigenvalue weighted by Crippen LogP contribution is -2.08. The van der Waals surface area contributed by atoms with Crippen LogP contribution >= 0.6 is 0 Å². The van der Waals surface area contributed by atoms with Gasteiger partial charge in [0.05, 0.1) is 21.3 Å². The second-order valence-corrected chi connectivity index (χ2v) is 10.5. The predicted octanol–water partition coefficient (Wildman–Crippen LogP) is 8.37. The van der Waals surface area contributed by atoms with Crippen LogP contribution in [0.5, 0.6) is 23.0 Å². The molecule has 212 valence electrons. The van der Waals surface area contributed by atoms with Crippen LogP contribution in [0.1, 0.15) is 87.4 Å². The third kappa shape index (κ3) is 9.65. The van der Waals surface area contributed by atoms with E-state index in [0.717, 1.165) is 53.7 Å². The Morgan fingerprint density at radius 1 is 0.821 bits per heavy atom. The standard InChI is InChI=1S/C34H46O5/c1-23(2)11-9-10-12-25(5)14-15-27-21-28(37-6)18-16-26(27)17-20-30(35)33-31(36)22-32(38-7)29(34(33)39-8)19-13-24(3)4/h11,13-14,16,18,21-22,36H,9-10,12,15,17,19-20H2,1-8H3/b25-14+. The predicted molar refractivity (Wildman–Crippen MR) is 161 cm³/mol. The highest BCUT2D eigenvalue weighted by atomic mass is 16.5. The summed E-state index contributed by atoms with van der Waals surface area (Å²) >= 11 is 0. The van der Waals surface area contributed by atoms with Crippen LogP contribution in [-0.4, -0.2) is 32.2 Å². The summed E-state index contributed by atoms with van der Waals surface area (Å²) in [6.07, 6.45) is 12.0. The van der Waals surface area contributed by atoms with Gasteiger partial charge in [0.25, 0.3) is 0 Å². The SMILES string of the molecule is COc1ccc(CCC(=O)c2c(O)cc(OC)c(CC=C(C)C)c2OC)c(C/C=C(\C)CCCC=C(C)C)c1. The van der Waals surface area contributed by atoms with Crippen LogP contribution in [0.25, 0.3) is 0 Å². The molecule has 0 aliphatic carbocycles. The number of phenols is 1. The molecule has 0 unspecified atom stereocenters. The second-order valence-electron chi connectivity index (χ2n) is 10.5. The van der Waals surface area contributed by atoms with Gasteiger partial charge in [0.1, 0.15) is 28.6 Å². The molecule has 0 spiro atoms. The zero-order valence-electron chi connectivity index (χ0n) is 25.1. The molecule has 1 N–H and O–H groups in total. The van der Waals surface area contributed by atoms with E-state index in [1.54, 1.807) is 14.2 Å². The number of carbonyl (C=O) groups excluding carboxylic acids is 1. The highest BCUT2D eigenvalue weighted by Gasteiger charge is 2.24. The molecular formula is C34H46O5. The average molecular weight is 535 g/mol. The molecule has 0 bridgehead atoms. The minimum atomic E-state index is -0.168. The van der Waals surface area contributed by atoms with Gasteiger partial charge < -0.3 is 19.3 Å². The number of allylic oxidation sites excluding steroid dienone is 6. The first-order valence-corrected chi connectivity index (χ1v) is 13.7. The van der Waals surface area contributed by atoms with Gasteiger partial charge in [-0.3, -0.25) is 4.79 Å². The summed E-state index contributed by atoms with van der Waals surface area (Å²) in [5.74, 6) is 1.37. The van der Waals surface area contributed by atoms with Crippen molar-refractivity contribution in [3.05, 3.63) is 81.5 Å². The Labute approximate surface area is 235 Å². The largest absolute Gasteiger partial charge is 0.507 e. The zero-order valence-corrected chi connectivity index (χ0v) is 25.1. The lowest BCUT2D eigenvalue weighted by Gasteiger charge is -2.18. The van der Waals surface area contributed by atoms with E-state index >= 15 is 0 Å². The number of ketones is 1. The fraction of sp³-hybridized carbons (Fsp3) is 0.441. The highest BCUT2D eigenvalue weighted by Crippen LogP contribution is 2.40. The Kier molecular flexibility index (Phi) is 12.9. The molecule has 0 saturated carbocycles. The lowest BCUT2D eigenvalue weighted by atomic mass is 9.94. The summed E-state index contributed by atoms with van der Waals surface area (Å²) in [5.41, 5.74) is 7.05. The molecule has 5 nitrogen and oxygen atoms in total. The van der Waals surface area contributed by atoms with Crippen LogP contribution in [0.3, 0.4) is 0 Å². The molecule has 0 aromatic heterocycles. The summed E-state index contributed by atoms with van der Waals surface area (Å²) in [7, 11) is 4.73. The molecule has 0 radical (unpaired) electrons. The first-order chi connectivity index (χ1) is 18.6. The lowest BCUT2D eigenvalue weighted by molar-refractivity contribution is 0.0976. The van der Waals surface area contributed by atoms with Crippen molar-refractivity contribution >= 4 is 5.78 Å². The maximum Gasteiger partial charge on any atom is 0.170 e. The fourth-order valence-corrected chi connectivity index (χ4v) is 4.53. The molecule has 5 heteroatoms. The van der Waals surface area contributed by atoms with Crippen molar-refractivity contribution in [3.8, 4) is 23.0 Å². The summed E-state index contributed by atoms with van der Waals surface area (Å²) in [6, 6.07) is 7.52. The minimum Gasteiger partial charge on any atom is -0.507 e. The molecule has 2 aromatic rings. The summed E-state index contributed by atoms with van der Waals surface area (Å²) in [4.78, 5) is 13.5. The van der Waals surface area contributed by atoms with Crippen LogP contribution < -0.4 is 14.2 Å². The van der Waals surface area contributed by atoms with Crippen LogP contribution in [0, 0.1) is 0 Å². The molecule has 0 saturated heterocycles. The molecule has 0 aliphatic rings. The third-order valence-corrected chi connectivity index (χ3v) is 6.77. The van der Waals surface area contributed by atoms with Gasteiger partial charge in [-0.1, -0.05) is 41.0 Å². The van der Waals surface area contributed by atoms with Gasteiger partial charge in [0.15, 0.2) is 5.78 Å². The Morgan fingerprint density at radius 2 is 1.54 bits per heavy atom. The van der Waals surface area contributed by atoms with Crippen molar-refractivity contribution < 1.29 is 24.1 Å². The first-order valence-electron chi connectivity index (χ1n) is 13.7. The summed E-state index contributed by atoms with van der Waals surface area (Å²) in [5, 5.41) is 10.8. The van der Waals surface area contributed by atoms with Gasteiger partial charge in [-0.25, -0.2) is 0 Å². The van der Waals surface area contributed by atoms with Gasteiger partial charge in [0.2, 0.25) is 0 Å². The van der Waals surface area contributed by atoms with Crippen molar-refractivity contribution in [2.45, 2.75) is 79.6 Å². The normalized spacial score (nSPS) is 11.1. The van der Waals surface area contributed by atoms with Gasteiger partial charge in [-0.15, -0.1) is 0 Å². The van der Waals surface area contributed by atoms with Crippen molar-refractivity contribution in [2.24, 2.45) is 0 Å². The number of hydrogen-bond donors (Lipinski definition) is 1. The number of Topliss-reactive ketones (excluding diaryl/α,β-unsaturated/α-hetero) is 1. The van der Waals surface area contributed by atoms with E-state index in [0.29, 0.717) is 24.3 Å². The third-order valence-electron chi connectivity index (χ3n) is 6.77. The molecule has 2 rings (SSSR count). The number of methoxy groups -OCH3 is 3. The van der Waals surface area contributed by atoms with Crippen LogP contribution in [0.2, 0.25) is 0 Å². The number of phenolic OH excluding ortho intramolecular Hbond substituents is 1. The van der Waals surface area contributed by atoms with Crippen molar-refractivity contribution in [2.75, 3.05) is 21.3 Å². The van der Waals surface area contributed by atoms with E-state index in [2.05, 4.69) is 39.0 Å². The molecule has 0 heterocycles. The number of hydrogen-bond acceptors (Lipinski definition) is 5. The zero-order chi connectivity index (χ0) is 28.9. The number of ether oxygens (including phenoxy) is 3. The summed E-state index contributed by atoms with van der Waals surface area (Å²) in [6.45, 7) is 10.5. The highest BCUT2D eigenvalue weighted by molar-refractivity contribution is 6.02. The minimum absolute atomic E-state index is 0.128. The van der Waals surface area contributed by atoms with Gasteiger partial charge >= 0.3 is 0 Å². The molecular weight excluding hydrogens is 488 g/mol. The maximum atomic E-state index is 13.5. The Bertz CT molecular complexity index is 1210. The van der Waals surface area contributed by atoms with E-state index in [-0.39, 0.29) is 23.5 Å². The Hall–Kier alpha value is -3.47. The fourth-order valence-electron chi connectivity index (χ4n) is 4.53. The second kappa shape index (κ2) is 15.8. The number of benzene rings is 2. The molecule has 0 atom stereocenters. The van der Waals surface area contributed by atoms with Crippen molar-refractivity contribution in [1.82, 2.24) is 0 Å². The Balaban J connectivity index is 2.27. The van der Waals surface area contributed by atoms with E-state index in [4.69, 9.17) is 14.2 Å². The van der Waals surface area contributed by atoms with E-state index in [1.165, 1.54) is 24.3 Å². The number of unbranched alkanes of at least 4 members (excludes halogenated alkanes) is 1. The Morgan fingerprint density at radius 3 is 2.15 bits per heavy atom. The molecule has 39 heavy (non-hydrogen) atoms. The molecule has 0 aliphatic heterocycles. The van der Waals surface area contributed by atoms with Gasteiger partial charge in [-0.2, -0.15) is 0 Å². The monoisotopic (exact) mass is 534 g/mol. The number of carbonyl (C=O) groups is 1. The maximum absolute atomic E-state index is 13.5. The van der Waals surface area contributed by atoms with Gasteiger partial charge in [-0.05, 0) is 96.4 Å². The molecule has 0 fully saturated rings. The number of aromatic hydroxyl groups is 1. The average Bonchev–Trinajstić information content (AvgIpc) is 2.91. The van der Waals surface area contributed by atoms with Crippen LogP contribution in [-0.2, 0) is 19.3 Å². The van der Waals surface area contributed by atoms with E-state index in [1.807, 2.05) is 32.1 Å². The quantitative estimate of drug-likeness (QED) is 0.141. The topological polar surface area (TPSA) is 65.0 Å². The van der Waals surface area contributed by atoms with E-state index in [9.17, 15) is 9.90 Å². The number of aryl methyl sites for hydroxylation is 1. The van der Waals surface area contributed by atoms with Crippen LogP contribution in [0.4, 0.5) is 0 Å². The smallest absolute Gasteiger partial charge is 0.170 e. The van der Waals surface area contributed by atoms with Crippen molar-refractivity contribution in [3.63, 3.8) is 0 Å². The first kappa shape index (κ1) is 31.7. The van der Waals surface area contributed by atoms with E-state index < -0.39 is 0 Å². The number of rotatable bonds is 15. The summed E-state index contributed by atoms with van der Waals surface area (Å²) < 4.78 is 16.6. The van der Waals surface area contributed by atoms with Gasteiger partial charge in [0, 0.05) is 18.1 Å². The van der Waals surface area contributed by atoms with Crippen LogP contribution in [0.15, 0.2) is 59.2 Å². The molecule has 2 aromatic carbocycles.